The third-order valence-electron chi connectivity index (χ3n) is 3.79. The van der Waals surface area contributed by atoms with Gasteiger partial charge in [0.25, 0.3) is 0 Å². The maximum absolute atomic E-state index is 6.27. The number of hydrogen-bond acceptors (Lipinski definition) is 3. The average Bonchev–Trinajstić information content (AvgIpc) is 2.39. The minimum absolute atomic E-state index is 0.0986. The lowest BCUT2D eigenvalue weighted by Gasteiger charge is -2.42. The maximum Gasteiger partial charge on any atom is 0.0622 e. The SMILES string of the molecule is CCC1COCCN1C(c1cccc(Br)c1)C(C)N. The fourth-order valence-electron chi connectivity index (χ4n) is 2.87. The Morgan fingerprint density at radius 1 is 1.53 bits per heavy atom. The monoisotopic (exact) mass is 326 g/mol. The third kappa shape index (κ3) is 3.57. The van der Waals surface area contributed by atoms with Crippen molar-refractivity contribution in [3.63, 3.8) is 0 Å². The van der Waals surface area contributed by atoms with Crippen LogP contribution in [0.4, 0.5) is 0 Å². The summed E-state index contributed by atoms with van der Waals surface area (Å²) < 4.78 is 6.71. The highest BCUT2D eigenvalue weighted by Gasteiger charge is 2.31. The molecule has 0 spiro atoms. The molecule has 1 saturated heterocycles. The predicted octanol–water partition coefficient (Wildman–Crippen LogP) is 2.95. The zero-order valence-electron chi connectivity index (χ0n) is 11.7. The topological polar surface area (TPSA) is 38.5 Å². The van der Waals surface area contributed by atoms with E-state index in [2.05, 4.69) is 58.9 Å². The molecule has 1 heterocycles. The van der Waals surface area contributed by atoms with Crippen LogP contribution in [-0.4, -0.2) is 36.7 Å². The average molecular weight is 327 g/mol. The molecule has 1 aromatic carbocycles. The molecule has 4 heteroatoms. The first-order valence-electron chi connectivity index (χ1n) is 6.98. The van der Waals surface area contributed by atoms with Crippen LogP contribution >= 0.6 is 15.9 Å². The second kappa shape index (κ2) is 6.84. The molecule has 1 aliphatic rings. The van der Waals surface area contributed by atoms with Crippen LogP contribution in [0.25, 0.3) is 0 Å². The van der Waals surface area contributed by atoms with Gasteiger partial charge in [-0.3, -0.25) is 4.90 Å². The van der Waals surface area contributed by atoms with E-state index in [9.17, 15) is 0 Å². The van der Waals surface area contributed by atoms with Crippen LogP contribution in [0.15, 0.2) is 28.7 Å². The largest absolute Gasteiger partial charge is 0.378 e. The summed E-state index contributed by atoms with van der Waals surface area (Å²) in [7, 11) is 0. The number of nitrogens with zero attached hydrogens (tertiary/aromatic N) is 1. The Bertz CT molecular complexity index is 411. The molecule has 2 rings (SSSR count). The fraction of sp³-hybridized carbons (Fsp3) is 0.600. The van der Waals surface area contributed by atoms with Crippen molar-refractivity contribution in [1.29, 1.82) is 0 Å². The highest BCUT2D eigenvalue weighted by atomic mass is 79.9. The van der Waals surface area contributed by atoms with Crippen LogP contribution in [0.1, 0.15) is 31.9 Å². The van der Waals surface area contributed by atoms with E-state index in [1.807, 2.05) is 0 Å². The second-order valence-corrected chi connectivity index (χ2v) is 6.15. The van der Waals surface area contributed by atoms with Gasteiger partial charge >= 0.3 is 0 Å². The number of hydrogen-bond donors (Lipinski definition) is 1. The molecular formula is C15H23BrN2O. The van der Waals surface area contributed by atoms with E-state index >= 15 is 0 Å². The van der Waals surface area contributed by atoms with Gasteiger partial charge < -0.3 is 10.5 Å². The van der Waals surface area contributed by atoms with E-state index in [0.717, 1.165) is 30.7 Å². The molecule has 0 aromatic heterocycles. The zero-order chi connectivity index (χ0) is 13.8. The molecule has 3 nitrogen and oxygen atoms in total. The van der Waals surface area contributed by atoms with E-state index < -0.39 is 0 Å². The molecule has 0 amide bonds. The van der Waals surface area contributed by atoms with Gasteiger partial charge in [0.05, 0.1) is 19.3 Å². The molecule has 0 aliphatic carbocycles. The first kappa shape index (κ1) is 15.0. The van der Waals surface area contributed by atoms with Crippen molar-refractivity contribution in [3.05, 3.63) is 34.3 Å². The lowest BCUT2D eigenvalue weighted by Crippen LogP contribution is -2.51. The van der Waals surface area contributed by atoms with E-state index in [1.54, 1.807) is 0 Å². The molecule has 1 aromatic rings. The zero-order valence-corrected chi connectivity index (χ0v) is 13.3. The Labute approximate surface area is 124 Å². The summed E-state index contributed by atoms with van der Waals surface area (Å²) in [5.41, 5.74) is 7.55. The Balaban J connectivity index is 2.28. The van der Waals surface area contributed by atoms with Gasteiger partial charge in [-0.1, -0.05) is 35.0 Å². The number of morpholine rings is 1. The van der Waals surface area contributed by atoms with E-state index in [4.69, 9.17) is 10.5 Å². The maximum atomic E-state index is 6.27. The fourth-order valence-corrected chi connectivity index (χ4v) is 3.29. The van der Waals surface area contributed by atoms with Crippen LogP contribution in [0.2, 0.25) is 0 Å². The Hall–Kier alpha value is -0.420. The molecule has 0 bridgehead atoms. The van der Waals surface area contributed by atoms with Crippen LogP contribution < -0.4 is 5.73 Å². The lowest BCUT2D eigenvalue weighted by molar-refractivity contribution is -0.0349. The summed E-state index contributed by atoms with van der Waals surface area (Å²) in [5.74, 6) is 0. The summed E-state index contributed by atoms with van der Waals surface area (Å²) >= 11 is 3.55. The number of halogens is 1. The van der Waals surface area contributed by atoms with Gasteiger partial charge in [0, 0.05) is 23.1 Å². The summed E-state index contributed by atoms with van der Waals surface area (Å²) in [6.45, 7) is 6.87. The Kier molecular flexibility index (Phi) is 5.39. The van der Waals surface area contributed by atoms with Crippen LogP contribution in [0.3, 0.4) is 0 Å². The van der Waals surface area contributed by atoms with Gasteiger partial charge in [-0.15, -0.1) is 0 Å². The normalized spacial score (nSPS) is 24.1. The van der Waals surface area contributed by atoms with Crippen LogP contribution in [0.5, 0.6) is 0 Å². The molecule has 19 heavy (non-hydrogen) atoms. The number of benzene rings is 1. The van der Waals surface area contributed by atoms with Crippen molar-refractivity contribution in [2.75, 3.05) is 19.8 Å². The summed E-state index contributed by atoms with van der Waals surface area (Å²) in [6.07, 6.45) is 1.09. The number of rotatable bonds is 4. The van der Waals surface area contributed by atoms with Crippen molar-refractivity contribution >= 4 is 15.9 Å². The van der Waals surface area contributed by atoms with Crippen molar-refractivity contribution in [1.82, 2.24) is 4.90 Å². The second-order valence-electron chi connectivity index (χ2n) is 5.23. The van der Waals surface area contributed by atoms with Gasteiger partial charge in [-0.2, -0.15) is 0 Å². The standard InChI is InChI=1S/C15H23BrN2O/c1-3-14-10-19-8-7-18(14)15(11(2)17)12-5-4-6-13(16)9-12/h4-6,9,11,14-15H,3,7-8,10,17H2,1-2H3. The molecule has 106 valence electrons. The van der Waals surface area contributed by atoms with Crippen molar-refractivity contribution in [2.45, 2.75) is 38.4 Å². The first-order valence-corrected chi connectivity index (χ1v) is 7.77. The molecule has 1 aliphatic heterocycles. The van der Waals surface area contributed by atoms with E-state index in [1.165, 1.54) is 5.56 Å². The molecule has 2 N–H and O–H groups in total. The molecule has 1 fully saturated rings. The van der Waals surface area contributed by atoms with Gasteiger partial charge in [0.2, 0.25) is 0 Å². The predicted molar refractivity (Wildman–Crippen MR) is 82.1 cm³/mol. The van der Waals surface area contributed by atoms with Crippen molar-refractivity contribution < 1.29 is 4.74 Å². The summed E-state index contributed by atoms with van der Waals surface area (Å²) in [4.78, 5) is 2.51. The number of nitrogens with two attached hydrogens (primary N) is 1. The van der Waals surface area contributed by atoms with Gasteiger partial charge in [-0.05, 0) is 31.0 Å². The van der Waals surface area contributed by atoms with E-state index in [0.29, 0.717) is 6.04 Å². The van der Waals surface area contributed by atoms with Crippen molar-refractivity contribution in [2.24, 2.45) is 5.73 Å². The van der Waals surface area contributed by atoms with E-state index in [-0.39, 0.29) is 12.1 Å². The molecule has 3 unspecified atom stereocenters. The first-order chi connectivity index (χ1) is 9.13. The Morgan fingerprint density at radius 3 is 2.95 bits per heavy atom. The smallest absolute Gasteiger partial charge is 0.0622 e. The highest BCUT2D eigenvalue weighted by Crippen LogP contribution is 2.29. The minimum atomic E-state index is 0.0986. The molecule has 0 radical (unpaired) electrons. The van der Waals surface area contributed by atoms with Gasteiger partial charge in [0.15, 0.2) is 0 Å². The van der Waals surface area contributed by atoms with Crippen LogP contribution in [-0.2, 0) is 4.74 Å². The quantitative estimate of drug-likeness (QED) is 0.924. The van der Waals surface area contributed by atoms with Crippen molar-refractivity contribution in [3.8, 4) is 0 Å². The van der Waals surface area contributed by atoms with Gasteiger partial charge in [0.1, 0.15) is 0 Å². The summed E-state index contributed by atoms with van der Waals surface area (Å²) in [6, 6.07) is 9.29. The Morgan fingerprint density at radius 2 is 2.32 bits per heavy atom. The molecule has 3 atom stereocenters. The lowest BCUT2D eigenvalue weighted by atomic mass is 9.96. The molecular weight excluding hydrogens is 304 g/mol. The molecule has 0 saturated carbocycles. The van der Waals surface area contributed by atoms with Crippen LogP contribution in [0, 0.1) is 0 Å². The van der Waals surface area contributed by atoms with Gasteiger partial charge in [-0.25, -0.2) is 0 Å². The third-order valence-corrected chi connectivity index (χ3v) is 4.28. The number of ether oxygens (including phenoxy) is 1. The highest BCUT2D eigenvalue weighted by molar-refractivity contribution is 9.10. The minimum Gasteiger partial charge on any atom is -0.378 e. The summed E-state index contributed by atoms with van der Waals surface area (Å²) in [5, 5.41) is 0.